The summed E-state index contributed by atoms with van der Waals surface area (Å²) in [6.45, 7) is 7.88. The SMILES string of the molecule is CCN(CC)C(=O)/C(C#N)=C\c1cccn1CC. The van der Waals surface area contributed by atoms with Crippen molar-refractivity contribution in [3.8, 4) is 6.07 Å². The molecule has 0 saturated heterocycles. The van der Waals surface area contributed by atoms with Gasteiger partial charge >= 0.3 is 0 Å². The van der Waals surface area contributed by atoms with Gasteiger partial charge in [-0.3, -0.25) is 4.79 Å². The van der Waals surface area contributed by atoms with Crippen LogP contribution in [-0.2, 0) is 11.3 Å². The molecule has 4 nitrogen and oxygen atoms in total. The van der Waals surface area contributed by atoms with E-state index >= 15 is 0 Å². The second kappa shape index (κ2) is 6.65. The molecule has 0 N–H and O–H groups in total. The number of aromatic nitrogens is 1. The molecular weight excluding hydrogens is 226 g/mol. The molecule has 18 heavy (non-hydrogen) atoms. The molecule has 4 heteroatoms. The van der Waals surface area contributed by atoms with Crippen LogP contribution in [0, 0.1) is 11.3 Å². The van der Waals surface area contributed by atoms with Crippen LogP contribution < -0.4 is 0 Å². The number of aryl methyl sites for hydroxylation is 1. The van der Waals surface area contributed by atoms with Gasteiger partial charge in [-0.15, -0.1) is 0 Å². The zero-order chi connectivity index (χ0) is 13.5. The molecule has 96 valence electrons. The Morgan fingerprint density at radius 3 is 2.61 bits per heavy atom. The predicted molar refractivity (Wildman–Crippen MR) is 71.6 cm³/mol. The van der Waals surface area contributed by atoms with Gasteiger partial charge in [-0.1, -0.05) is 0 Å². The first-order valence-corrected chi connectivity index (χ1v) is 6.24. The molecule has 0 aliphatic rings. The van der Waals surface area contributed by atoms with Crippen LogP contribution in [0.15, 0.2) is 23.9 Å². The molecule has 1 rings (SSSR count). The van der Waals surface area contributed by atoms with Gasteiger partial charge in [0.2, 0.25) is 0 Å². The van der Waals surface area contributed by atoms with E-state index in [0.717, 1.165) is 12.2 Å². The first-order chi connectivity index (χ1) is 8.67. The van der Waals surface area contributed by atoms with Crippen LogP contribution in [0.4, 0.5) is 0 Å². The minimum absolute atomic E-state index is 0.187. The normalized spacial score (nSPS) is 11.1. The van der Waals surface area contributed by atoms with E-state index in [1.165, 1.54) is 0 Å². The lowest BCUT2D eigenvalue weighted by Gasteiger charge is -2.17. The Labute approximate surface area is 108 Å². The first kappa shape index (κ1) is 14.0. The highest BCUT2D eigenvalue weighted by Gasteiger charge is 2.15. The Kier molecular flexibility index (Phi) is 5.19. The lowest BCUT2D eigenvalue weighted by Crippen LogP contribution is -2.31. The molecule has 0 bridgehead atoms. The molecule has 0 fully saturated rings. The summed E-state index contributed by atoms with van der Waals surface area (Å²) < 4.78 is 1.99. The molecule has 1 aromatic rings. The monoisotopic (exact) mass is 245 g/mol. The van der Waals surface area contributed by atoms with Gasteiger partial charge in [0.05, 0.1) is 0 Å². The highest BCUT2D eigenvalue weighted by molar-refractivity contribution is 6.01. The molecule has 0 radical (unpaired) electrons. The summed E-state index contributed by atoms with van der Waals surface area (Å²) in [5.74, 6) is -0.202. The van der Waals surface area contributed by atoms with Gasteiger partial charge in [-0.2, -0.15) is 5.26 Å². The van der Waals surface area contributed by atoms with Crippen molar-refractivity contribution >= 4 is 12.0 Å². The van der Waals surface area contributed by atoms with Gasteiger partial charge < -0.3 is 9.47 Å². The number of hydrogen-bond donors (Lipinski definition) is 0. The Hall–Kier alpha value is -2.02. The zero-order valence-corrected chi connectivity index (χ0v) is 11.2. The summed E-state index contributed by atoms with van der Waals surface area (Å²) >= 11 is 0. The second-order valence-electron chi connectivity index (χ2n) is 3.87. The Morgan fingerprint density at radius 1 is 1.44 bits per heavy atom. The van der Waals surface area contributed by atoms with Crippen molar-refractivity contribution in [3.05, 3.63) is 29.6 Å². The smallest absolute Gasteiger partial charge is 0.264 e. The minimum atomic E-state index is -0.202. The second-order valence-corrected chi connectivity index (χ2v) is 3.87. The summed E-state index contributed by atoms with van der Waals surface area (Å²) in [6.07, 6.45) is 3.59. The van der Waals surface area contributed by atoms with Crippen LogP contribution in [0.25, 0.3) is 6.08 Å². The fraction of sp³-hybridized carbons (Fsp3) is 0.429. The molecule has 1 heterocycles. The van der Waals surface area contributed by atoms with E-state index < -0.39 is 0 Å². The molecule has 0 spiro atoms. The van der Waals surface area contributed by atoms with Gasteiger partial charge in [0.1, 0.15) is 11.6 Å². The molecule has 0 aliphatic heterocycles. The number of amides is 1. The van der Waals surface area contributed by atoms with Gasteiger partial charge in [0.15, 0.2) is 0 Å². The van der Waals surface area contributed by atoms with Crippen molar-refractivity contribution < 1.29 is 4.79 Å². The number of carbonyl (C=O) groups is 1. The Bertz CT molecular complexity index is 475. The molecule has 0 atom stereocenters. The molecule has 1 amide bonds. The van der Waals surface area contributed by atoms with Crippen molar-refractivity contribution in [3.63, 3.8) is 0 Å². The van der Waals surface area contributed by atoms with E-state index in [4.69, 9.17) is 5.26 Å². The predicted octanol–water partition coefficient (Wildman–Crippen LogP) is 2.28. The van der Waals surface area contributed by atoms with E-state index in [-0.39, 0.29) is 11.5 Å². The van der Waals surface area contributed by atoms with Crippen LogP contribution in [-0.4, -0.2) is 28.5 Å². The van der Waals surface area contributed by atoms with Crippen molar-refractivity contribution in [1.29, 1.82) is 5.26 Å². The first-order valence-electron chi connectivity index (χ1n) is 6.24. The van der Waals surface area contributed by atoms with Gasteiger partial charge in [0.25, 0.3) is 5.91 Å². The van der Waals surface area contributed by atoms with E-state index in [2.05, 4.69) is 0 Å². The fourth-order valence-electron chi connectivity index (χ4n) is 1.82. The maximum absolute atomic E-state index is 12.1. The summed E-state index contributed by atoms with van der Waals surface area (Å²) in [4.78, 5) is 13.7. The molecular formula is C14H19N3O. The number of likely N-dealkylation sites (N-methyl/N-ethyl adjacent to an activating group) is 1. The molecule has 0 saturated carbocycles. The number of rotatable bonds is 5. The standard InChI is InChI=1S/C14H19N3O/c1-4-16(5-2)14(18)12(11-15)10-13-8-7-9-17(13)6-3/h7-10H,4-6H2,1-3H3/b12-10-. The fourth-order valence-corrected chi connectivity index (χ4v) is 1.82. The summed E-state index contributed by atoms with van der Waals surface area (Å²) in [5, 5.41) is 9.12. The van der Waals surface area contributed by atoms with Crippen molar-refractivity contribution in [2.24, 2.45) is 0 Å². The van der Waals surface area contributed by atoms with E-state index in [1.807, 2.05) is 49.7 Å². The van der Waals surface area contributed by atoms with E-state index in [9.17, 15) is 4.79 Å². The lowest BCUT2D eigenvalue weighted by atomic mass is 10.2. The van der Waals surface area contributed by atoms with Crippen molar-refractivity contribution in [2.45, 2.75) is 27.3 Å². The largest absolute Gasteiger partial charge is 0.348 e. The lowest BCUT2D eigenvalue weighted by molar-refractivity contribution is -0.126. The van der Waals surface area contributed by atoms with E-state index in [1.54, 1.807) is 11.0 Å². The third-order valence-electron chi connectivity index (χ3n) is 2.90. The summed E-state index contributed by atoms with van der Waals surface area (Å²) in [5.41, 5.74) is 1.07. The average Bonchev–Trinajstić information content (AvgIpc) is 2.84. The quantitative estimate of drug-likeness (QED) is 0.590. The van der Waals surface area contributed by atoms with Gasteiger partial charge in [-0.25, -0.2) is 0 Å². The number of nitrogens with zero attached hydrogens (tertiary/aromatic N) is 3. The number of carbonyl (C=O) groups excluding carboxylic acids is 1. The Balaban J connectivity index is 3.04. The van der Waals surface area contributed by atoms with Crippen LogP contribution in [0.3, 0.4) is 0 Å². The van der Waals surface area contributed by atoms with Crippen LogP contribution >= 0.6 is 0 Å². The van der Waals surface area contributed by atoms with Crippen LogP contribution in [0.1, 0.15) is 26.5 Å². The highest BCUT2D eigenvalue weighted by Crippen LogP contribution is 2.10. The maximum Gasteiger partial charge on any atom is 0.264 e. The third kappa shape index (κ3) is 3.01. The number of nitriles is 1. The highest BCUT2D eigenvalue weighted by atomic mass is 16.2. The van der Waals surface area contributed by atoms with Crippen LogP contribution in [0.5, 0.6) is 0 Å². The van der Waals surface area contributed by atoms with E-state index in [0.29, 0.717) is 13.1 Å². The Morgan fingerprint density at radius 2 is 2.11 bits per heavy atom. The zero-order valence-electron chi connectivity index (χ0n) is 11.2. The topological polar surface area (TPSA) is 49.0 Å². The number of hydrogen-bond acceptors (Lipinski definition) is 2. The van der Waals surface area contributed by atoms with Gasteiger partial charge in [0, 0.05) is 31.5 Å². The molecule has 0 aromatic carbocycles. The van der Waals surface area contributed by atoms with Crippen molar-refractivity contribution in [2.75, 3.05) is 13.1 Å². The molecule has 0 aliphatic carbocycles. The third-order valence-corrected chi connectivity index (χ3v) is 2.90. The summed E-state index contributed by atoms with van der Waals surface area (Å²) in [7, 11) is 0. The summed E-state index contributed by atoms with van der Waals surface area (Å²) in [6, 6.07) is 5.81. The van der Waals surface area contributed by atoms with Crippen LogP contribution in [0.2, 0.25) is 0 Å². The van der Waals surface area contributed by atoms with Gasteiger partial charge in [-0.05, 0) is 39.0 Å². The maximum atomic E-state index is 12.1. The van der Waals surface area contributed by atoms with Crippen molar-refractivity contribution in [1.82, 2.24) is 9.47 Å². The molecule has 0 unspecified atom stereocenters. The molecule has 1 aromatic heterocycles. The average molecular weight is 245 g/mol. The minimum Gasteiger partial charge on any atom is -0.348 e.